The van der Waals surface area contributed by atoms with Crippen LogP contribution >= 0.6 is 0 Å². The van der Waals surface area contributed by atoms with Gasteiger partial charge in [0.2, 0.25) is 10.0 Å². The van der Waals surface area contributed by atoms with Crippen LogP contribution in [0.15, 0.2) is 23.1 Å². The number of hydrogen-bond acceptors (Lipinski definition) is 6. The summed E-state index contributed by atoms with van der Waals surface area (Å²) in [5.74, 6) is -0.967. The maximum absolute atomic E-state index is 12.4. The number of esters is 1. The number of Topliss-reactive ketones (excluding diaryl/α,β-unsaturated/α-hetero) is 1. The van der Waals surface area contributed by atoms with Gasteiger partial charge >= 0.3 is 5.97 Å². The smallest absolute Gasteiger partial charge is 0.340 e. The second-order valence-electron chi connectivity index (χ2n) is 5.94. The summed E-state index contributed by atoms with van der Waals surface area (Å²) in [6.07, 6.45) is 2.03. The van der Waals surface area contributed by atoms with Crippen LogP contribution in [0.4, 0.5) is 5.69 Å². The lowest BCUT2D eigenvalue weighted by Crippen LogP contribution is -2.25. The number of anilines is 1. The van der Waals surface area contributed by atoms with Crippen LogP contribution < -0.4 is 4.90 Å². The molecule has 0 unspecified atom stereocenters. The Balaban J connectivity index is 2.45. The Labute approximate surface area is 142 Å². The topological polar surface area (TPSA) is 84.0 Å². The lowest BCUT2D eigenvalue weighted by molar-refractivity contribution is -0.120. The van der Waals surface area contributed by atoms with Gasteiger partial charge in [0.05, 0.1) is 16.1 Å². The highest BCUT2D eigenvalue weighted by Gasteiger charge is 2.25. The predicted molar refractivity (Wildman–Crippen MR) is 89.7 cm³/mol. The molecule has 7 nitrogen and oxygen atoms in total. The summed E-state index contributed by atoms with van der Waals surface area (Å²) < 4.78 is 30.7. The van der Waals surface area contributed by atoms with Crippen molar-refractivity contribution < 1.29 is 22.7 Å². The molecular formula is C16H22N2O5S. The second-order valence-corrected chi connectivity index (χ2v) is 8.09. The first-order chi connectivity index (χ1) is 11.2. The summed E-state index contributed by atoms with van der Waals surface area (Å²) in [5, 5.41) is 0. The Kier molecular flexibility index (Phi) is 5.61. The Morgan fingerprint density at radius 2 is 1.83 bits per heavy atom. The molecule has 1 aliphatic heterocycles. The van der Waals surface area contributed by atoms with E-state index in [1.165, 1.54) is 33.2 Å². The Morgan fingerprint density at radius 1 is 1.21 bits per heavy atom. The van der Waals surface area contributed by atoms with Gasteiger partial charge in [0.15, 0.2) is 5.78 Å². The minimum atomic E-state index is -3.66. The Bertz CT molecular complexity index is 737. The van der Waals surface area contributed by atoms with E-state index in [-0.39, 0.29) is 22.8 Å². The molecule has 1 fully saturated rings. The maximum atomic E-state index is 12.4. The largest absolute Gasteiger partial charge is 0.454 e. The van der Waals surface area contributed by atoms with Crippen molar-refractivity contribution in [3.8, 4) is 0 Å². The molecule has 1 aromatic rings. The van der Waals surface area contributed by atoms with Crippen molar-refractivity contribution >= 4 is 27.5 Å². The monoisotopic (exact) mass is 354 g/mol. The molecule has 0 radical (unpaired) electrons. The average molecular weight is 354 g/mol. The van der Waals surface area contributed by atoms with Gasteiger partial charge in [0, 0.05) is 27.2 Å². The number of ether oxygens (including phenoxy) is 1. The van der Waals surface area contributed by atoms with Crippen LogP contribution in [0, 0.1) is 0 Å². The fourth-order valence-corrected chi connectivity index (χ4v) is 3.46. The molecule has 0 amide bonds. The van der Waals surface area contributed by atoms with Crippen molar-refractivity contribution in [1.82, 2.24) is 4.31 Å². The van der Waals surface area contributed by atoms with Crippen LogP contribution in [0.5, 0.6) is 0 Å². The van der Waals surface area contributed by atoms with Crippen molar-refractivity contribution in [2.24, 2.45) is 0 Å². The van der Waals surface area contributed by atoms with Crippen LogP contribution in [0.25, 0.3) is 0 Å². The van der Waals surface area contributed by atoms with Gasteiger partial charge in [-0.2, -0.15) is 0 Å². The van der Waals surface area contributed by atoms with E-state index in [0.717, 1.165) is 30.2 Å². The molecule has 8 heteroatoms. The zero-order chi connectivity index (χ0) is 17.9. The van der Waals surface area contributed by atoms with Crippen molar-refractivity contribution in [3.63, 3.8) is 0 Å². The highest BCUT2D eigenvalue weighted by Crippen LogP contribution is 2.28. The van der Waals surface area contributed by atoms with Gasteiger partial charge in [-0.3, -0.25) is 4.79 Å². The number of nitrogens with zero attached hydrogens (tertiary/aromatic N) is 2. The molecule has 1 saturated heterocycles. The van der Waals surface area contributed by atoms with Gasteiger partial charge in [0.25, 0.3) is 0 Å². The van der Waals surface area contributed by atoms with E-state index in [4.69, 9.17) is 4.74 Å². The molecule has 0 aromatic heterocycles. The highest BCUT2D eigenvalue weighted by atomic mass is 32.2. The summed E-state index contributed by atoms with van der Waals surface area (Å²) in [6, 6.07) is 4.45. The number of ketones is 1. The quantitative estimate of drug-likeness (QED) is 0.716. The van der Waals surface area contributed by atoms with E-state index in [2.05, 4.69) is 0 Å². The third kappa shape index (κ3) is 3.93. The fraction of sp³-hybridized carbons (Fsp3) is 0.500. The molecule has 0 spiro atoms. The maximum Gasteiger partial charge on any atom is 0.340 e. The van der Waals surface area contributed by atoms with Crippen molar-refractivity contribution in [2.45, 2.75) is 24.7 Å². The Morgan fingerprint density at radius 3 is 2.38 bits per heavy atom. The molecule has 1 aromatic carbocycles. The van der Waals surface area contributed by atoms with Gasteiger partial charge in [-0.25, -0.2) is 17.5 Å². The predicted octanol–water partition coefficient (Wildman–Crippen LogP) is 1.28. The average Bonchev–Trinajstić information content (AvgIpc) is 3.06. The van der Waals surface area contributed by atoms with Crippen molar-refractivity contribution in [2.75, 3.05) is 38.7 Å². The summed E-state index contributed by atoms with van der Waals surface area (Å²) in [7, 11) is -0.808. The molecule has 0 N–H and O–H groups in total. The molecule has 2 rings (SSSR count). The molecule has 132 valence electrons. The number of hydrogen-bond donors (Lipinski definition) is 0. The highest BCUT2D eigenvalue weighted by molar-refractivity contribution is 7.89. The van der Waals surface area contributed by atoms with Crippen molar-refractivity contribution in [1.29, 1.82) is 0 Å². The molecule has 24 heavy (non-hydrogen) atoms. The molecule has 0 aliphatic carbocycles. The van der Waals surface area contributed by atoms with Crippen LogP contribution in [0.2, 0.25) is 0 Å². The zero-order valence-corrected chi connectivity index (χ0v) is 14.9. The third-order valence-electron chi connectivity index (χ3n) is 3.82. The van der Waals surface area contributed by atoms with Crippen LogP contribution in [0.1, 0.15) is 30.1 Å². The van der Waals surface area contributed by atoms with Crippen LogP contribution in [0.3, 0.4) is 0 Å². The van der Waals surface area contributed by atoms with Crippen molar-refractivity contribution in [3.05, 3.63) is 23.8 Å². The van der Waals surface area contributed by atoms with Crippen LogP contribution in [-0.2, 0) is 19.6 Å². The standard InChI is InChI=1S/C16H22N2O5S/c1-12(19)11-23-16(20)14-10-13(24(21,22)17(2)3)6-7-15(14)18-8-4-5-9-18/h6-7,10H,4-5,8-9,11H2,1-3H3. The first-order valence-electron chi connectivity index (χ1n) is 7.71. The molecular weight excluding hydrogens is 332 g/mol. The van der Waals surface area contributed by atoms with Gasteiger partial charge in [-0.1, -0.05) is 0 Å². The van der Waals surface area contributed by atoms with E-state index in [9.17, 15) is 18.0 Å². The Hall–Kier alpha value is -1.93. The summed E-state index contributed by atoms with van der Waals surface area (Å²) >= 11 is 0. The zero-order valence-electron chi connectivity index (χ0n) is 14.1. The van der Waals surface area contributed by atoms with Gasteiger partial charge in [-0.05, 0) is 38.0 Å². The fourth-order valence-electron chi connectivity index (χ4n) is 2.53. The first kappa shape index (κ1) is 18.4. The van der Waals surface area contributed by atoms with Crippen LogP contribution in [-0.4, -0.2) is 58.3 Å². The summed E-state index contributed by atoms with van der Waals surface area (Å²) in [4.78, 5) is 25.5. The van der Waals surface area contributed by atoms with E-state index >= 15 is 0 Å². The lowest BCUT2D eigenvalue weighted by Gasteiger charge is -2.22. The number of sulfonamides is 1. The lowest BCUT2D eigenvalue weighted by atomic mass is 10.1. The number of carbonyl (C=O) groups excluding carboxylic acids is 2. The molecule has 1 heterocycles. The van der Waals surface area contributed by atoms with Gasteiger partial charge < -0.3 is 9.64 Å². The van der Waals surface area contributed by atoms with E-state index in [1.54, 1.807) is 6.07 Å². The molecule has 1 aliphatic rings. The second kappa shape index (κ2) is 7.31. The number of benzene rings is 1. The van der Waals surface area contributed by atoms with E-state index < -0.39 is 16.0 Å². The molecule has 0 bridgehead atoms. The third-order valence-corrected chi connectivity index (χ3v) is 5.63. The summed E-state index contributed by atoms with van der Waals surface area (Å²) in [6.45, 7) is 2.59. The van der Waals surface area contributed by atoms with E-state index in [1.807, 2.05) is 4.90 Å². The summed E-state index contributed by atoms with van der Waals surface area (Å²) in [5.41, 5.74) is 0.805. The van der Waals surface area contributed by atoms with Gasteiger partial charge in [0.1, 0.15) is 6.61 Å². The normalized spacial score (nSPS) is 14.9. The SMILES string of the molecule is CC(=O)COC(=O)c1cc(S(=O)(=O)N(C)C)ccc1N1CCCC1. The van der Waals surface area contributed by atoms with E-state index in [0.29, 0.717) is 5.69 Å². The van der Waals surface area contributed by atoms with Gasteiger partial charge in [-0.15, -0.1) is 0 Å². The minimum Gasteiger partial charge on any atom is -0.454 e. The number of carbonyl (C=O) groups is 2. The number of rotatable bonds is 6. The first-order valence-corrected chi connectivity index (χ1v) is 9.15. The minimum absolute atomic E-state index is 0.0187. The molecule has 0 saturated carbocycles. The molecule has 0 atom stereocenters.